The summed E-state index contributed by atoms with van der Waals surface area (Å²) in [6.45, 7) is 1.78. The third kappa shape index (κ3) is 4.68. The second-order valence-corrected chi connectivity index (χ2v) is 4.23. The molecule has 0 amide bonds. The Morgan fingerprint density at radius 1 is 1.35 bits per heavy atom. The molecule has 1 rings (SSSR count). The Hall–Kier alpha value is -1.18. The maximum absolute atomic E-state index is 10.8. The van der Waals surface area contributed by atoms with Crippen molar-refractivity contribution >= 4 is 27.3 Å². The van der Waals surface area contributed by atoms with E-state index >= 15 is 0 Å². The summed E-state index contributed by atoms with van der Waals surface area (Å²) in [4.78, 5) is 10.3. The van der Waals surface area contributed by atoms with Gasteiger partial charge in [-0.2, -0.15) is 0 Å². The second kappa shape index (κ2) is 7.21. The molecule has 0 bridgehead atoms. The largest absolute Gasteiger partial charge is 0.395 e. The highest BCUT2D eigenvalue weighted by Gasteiger charge is 2.12. The van der Waals surface area contributed by atoms with Crippen molar-refractivity contribution in [1.82, 2.24) is 5.32 Å². The Morgan fingerprint density at radius 2 is 2.12 bits per heavy atom. The van der Waals surface area contributed by atoms with Crippen LogP contribution in [0.5, 0.6) is 0 Å². The number of nitro benzene ring substituents is 1. The number of hydrogen-bond acceptors (Lipinski definition) is 5. The van der Waals surface area contributed by atoms with E-state index in [9.17, 15) is 10.1 Å². The first-order valence-corrected chi connectivity index (χ1v) is 5.94. The number of nitro groups is 1. The molecule has 17 heavy (non-hydrogen) atoms. The highest BCUT2D eigenvalue weighted by atomic mass is 79.9. The lowest BCUT2D eigenvalue weighted by Gasteiger charge is -2.08. The molecule has 0 saturated heterocycles. The van der Waals surface area contributed by atoms with E-state index in [2.05, 4.69) is 26.6 Å². The number of rotatable bonds is 7. The summed E-state index contributed by atoms with van der Waals surface area (Å²) < 4.78 is 0.786. The van der Waals surface area contributed by atoms with E-state index in [0.717, 1.165) is 4.47 Å². The van der Waals surface area contributed by atoms with Crippen LogP contribution in [-0.4, -0.2) is 36.3 Å². The van der Waals surface area contributed by atoms with E-state index in [1.165, 1.54) is 6.07 Å². The fourth-order valence-electron chi connectivity index (χ4n) is 1.30. The smallest absolute Gasteiger partial charge is 0.292 e. The van der Waals surface area contributed by atoms with Crippen molar-refractivity contribution in [3.05, 3.63) is 32.8 Å². The van der Waals surface area contributed by atoms with Gasteiger partial charge in [-0.15, -0.1) is 0 Å². The van der Waals surface area contributed by atoms with Gasteiger partial charge in [-0.25, -0.2) is 0 Å². The summed E-state index contributed by atoms with van der Waals surface area (Å²) in [5.74, 6) is 0. The van der Waals surface area contributed by atoms with Gasteiger partial charge in [-0.3, -0.25) is 10.1 Å². The molecule has 0 atom stereocenters. The third-order valence-electron chi connectivity index (χ3n) is 2.06. The fraction of sp³-hybridized carbons (Fsp3) is 0.400. The molecule has 0 fully saturated rings. The number of nitrogens with zero attached hydrogens (tertiary/aromatic N) is 1. The Labute approximate surface area is 107 Å². The number of aliphatic hydroxyl groups excluding tert-OH is 1. The molecular formula is C10H14BrN3O3. The van der Waals surface area contributed by atoms with Gasteiger partial charge in [0.05, 0.1) is 11.5 Å². The summed E-state index contributed by atoms with van der Waals surface area (Å²) in [7, 11) is 0. The van der Waals surface area contributed by atoms with Gasteiger partial charge >= 0.3 is 0 Å². The summed E-state index contributed by atoms with van der Waals surface area (Å²) in [6, 6.07) is 4.76. The number of halogens is 1. The van der Waals surface area contributed by atoms with Gasteiger partial charge < -0.3 is 15.7 Å². The van der Waals surface area contributed by atoms with Crippen LogP contribution in [0.3, 0.4) is 0 Å². The lowest BCUT2D eigenvalue weighted by atomic mass is 10.2. The molecule has 0 radical (unpaired) electrons. The molecule has 1 aromatic rings. The van der Waals surface area contributed by atoms with Gasteiger partial charge in [0.25, 0.3) is 5.69 Å². The minimum absolute atomic E-state index is 0.0513. The van der Waals surface area contributed by atoms with Crippen molar-refractivity contribution in [2.75, 3.05) is 31.6 Å². The third-order valence-corrected chi connectivity index (χ3v) is 2.55. The SMILES string of the molecule is O=[N+]([O-])c1ccc(Br)cc1NCCNCCO. The van der Waals surface area contributed by atoms with E-state index in [1.54, 1.807) is 12.1 Å². The van der Waals surface area contributed by atoms with Gasteiger partial charge in [0.2, 0.25) is 0 Å². The minimum Gasteiger partial charge on any atom is -0.395 e. The fourth-order valence-corrected chi connectivity index (χ4v) is 1.66. The van der Waals surface area contributed by atoms with Crippen molar-refractivity contribution in [2.24, 2.45) is 0 Å². The molecule has 0 saturated carbocycles. The van der Waals surface area contributed by atoms with Crippen molar-refractivity contribution in [3.63, 3.8) is 0 Å². The molecule has 0 spiro atoms. The van der Waals surface area contributed by atoms with Crippen LogP contribution in [0.4, 0.5) is 11.4 Å². The molecule has 94 valence electrons. The molecule has 1 aromatic carbocycles. The first-order valence-electron chi connectivity index (χ1n) is 5.14. The zero-order valence-corrected chi connectivity index (χ0v) is 10.7. The molecule has 3 N–H and O–H groups in total. The van der Waals surface area contributed by atoms with Gasteiger partial charge in [0, 0.05) is 30.2 Å². The lowest BCUT2D eigenvalue weighted by molar-refractivity contribution is -0.384. The van der Waals surface area contributed by atoms with Gasteiger partial charge in [0.1, 0.15) is 5.69 Å². The molecule has 0 unspecified atom stereocenters. The summed E-state index contributed by atoms with van der Waals surface area (Å²) in [5, 5.41) is 25.3. The van der Waals surface area contributed by atoms with Crippen LogP contribution in [0, 0.1) is 10.1 Å². The summed E-state index contributed by atoms with van der Waals surface area (Å²) >= 11 is 3.27. The molecule has 7 heteroatoms. The predicted octanol–water partition coefficient (Wildman–Crippen LogP) is 1.35. The average molecular weight is 304 g/mol. The number of nitrogens with one attached hydrogen (secondary N) is 2. The average Bonchev–Trinajstić information content (AvgIpc) is 2.28. The maximum atomic E-state index is 10.8. The van der Waals surface area contributed by atoms with Crippen LogP contribution < -0.4 is 10.6 Å². The molecular weight excluding hydrogens is 290 g/mol. The first-order chi connectivity index (χ1) is 8.15. The summed E-state index contributed by atoms with van der Waals surface area (Å²) in [6.07, 6.45) is 0. The normalized spacial score (nSPS) is 10.2. The second-order valence-electron chi connectivity index (χ2n) is 3.32. The standard InChI is InChI=1S/C10H14BrN3O3/c11-8-1-2-10(14(16)17)9(7-8)13-4-3-12-5-6-15/h1-2,7,12-13,15H,3-6H2. The molecule has 0 aliphatic heterocycles. The van der Waals surface area contributed by atoms with E-state index in [0.29, 0.717) is 25.3 Å². The number of aliphatic hydroxyl groups is 1. The quantitative estimate of drug-likeness (QED) is 0.402. The molecule has 0 aromatic heterocycles. The van der Waals surface area contributed by atoms with Crippen molar-refractivity contribution in [1.29, 1.82) is 0 Å². The van der Waals surface area contributed by atoms with Crippen LogP contribution in [0.25, 0.3) is 0 Å². The Morgan fingerprint density at radius 3 is 2.76 bits per heavy atom. The molecule has 0 aliphatic carbocycles. The zero-order chi connectivity index (χ0) is 12.7. The van der Waals surface area contributed by atoms with Crippen LogP contribution in [-0.2, 0) is 0 Å². The highest BCUT2D eigenvalue weighted by molar-refractivity contribution is 9.10. The Kier molecular flexibility index (Phi) is 5.88. The first kappa shape index (κ1) is 13.9. The predicted molar refractivity (Wildman–Crippen MR) is 69.2 cm³/mol. The Bertz CT molecular complexity index is 387. The minimum atomic E-state index is -0.421. The molecule has 0 heterocycles. The number of anilines is 1. The summed E-state index contributed by atoms with van der Waals surface area (Å²) in [5.41, 5.74) is 0.533. The van der Waals surface area contributed by atoms with Crippen molar-refractivity contribution in [2.45, 2.75) is 0 Å². The van der Waals surface area contributed by atoms with Crippen molar-refractivity contribution < 1.29 is 10.0 Å². The van der Waals surface area contributed by atoms with E-state index in [4.69, 9.17) is 5.11 Å². The van der Waals surface area contributed by atoms with Gasteiger partial charge in [-0.1, -0.05) is 15.9 Å². The van der Waals surface area contributed by atoms with Crippen LogP contribution >= 0.6 is 15.9 Å². The van der Waals surface area contributed by atoms with Gasteiger partial charge in [0.15, 0.2) is 0 Å². The molecule has 6 nitrogen and oxygen atoms in total. The van der Waals surface area contributed by atoms with E-state index in [1.807, 2.05) is 0 Å². The number of benzene rings is 1. The van der Waals surface area contributed by atoms with Crippen LogP contribution in [0.1, 0.15) is 0 Å². The monoisotopic (exact) mass is 303 g/mol. The van der Waals surface area contributed by atoms with Gasteiger partial charge in [-0.05, 0) is 12.1 Å². The van der Waals surface area contributed by atoms with Crippen LogP contribution in [0.2, 0.25) is 0 Å². The lowest BCUT2D eigenvalue weighted by Crippen LogP contribution is -2.25. The molecule has 0 aliphatic rings. The van der Waals surface area contributed by atoms with Crippen molar-refractivity contribution in [3.8, 4) is 0 Å². The van der Waals surface area contributed by atoms with Crippen LogP contribution in [0.15, 0.2) is 22.7 Å². The zero-order valence-electron chi connectivity index (χ0n) is 9.15. The van der Waals surface area contributed by atoms with E-state index < -0.39 is 4.92 Å². The topological polar surface area (TPSA) is 87.4 Å². The maximum Gasteiger partial charge on any atom is 0.292 e. The number of hydrogen-bond donors (Lipinski definition) is 3. The highest BCUT2D eigenvalue weighted by Crippen LogP contribution is 2.27. The Balaban J connectivity index is 2.56. The van der Waals surface area contributed by atoms with E-state index in [-0.39, 0.29) is 12.3 Å².